The molecule has 4 rings (SSSR count). The first-order valence-electron chi connectivity index (χ1n) is 10.7. The Balaban J connectivity index is 1.46. The van der Waals surface area contributed by atoms with Gasteiger partial charge in [-0.15, -0.1) is 0 Å². The van der Waals surface area contributed by atoms with Gasteiger partial charge >= 0.3 is 0 Å². The largest absolute Gasteiger partial charge is 0.378 e. The Morgan fingerprint density at radius 3 is 2.29 bits per heavy atom. The summed E-state index contributed by atoms with van der Waals surface area (Å²) in [5, 5.41) is 0. The number of rotatable bonds is 6. The maximum atomic E-state index is 13.0. The Bertz CT molecular complexity index is 1010. The Kier molecular flexibility index (Phi) is 6.60. The number of nitrogens with zero attached hydrogens (tertiary/aromatic N) is 3. The SMILES string of the molecule is CN(Cc1ccccc1N1CCOCC1)C(=O)c1ccc(S(=O)(=O)N2CCCC2)cc1. The third-order valence-corrected chi connectivity index (χ3v) is 7.81. The van der Waals surface area contributed by atoms with Crippen LogP contribution in [0.4, 0.5) is 5.69 Å². The lowest BCUT2D eigenvalue weighted by Crippen LogP contribution is -2.37. The van der Waals surface area contributed by atoms with Crippen LogP contribution in [0.2, 0.25) is 0 Å². The molecule has 0 atom stereocenters. The number of ether oxygens (including phenoxy) is 1. The molecule has 0 unspecified atom stereocenters. The maximum absolute atomic E-state index is 13.0. The van der Waals surface area contributed by atoms with Crippen molar-refractivity contribution >= 4 is 21.6 Å². The number of carbonyl (C=O) groups is 1. The van der Waals surface area contributed by atoms with Crippen molar-refractivity contribution in [3.05, 3.63) is 59.7 Å². The van der Waals surface area contributed by atoms with Crippen molar-refractivity contribution in [2.75, 3.05) is 51.3 Å². The van der Waals surface area contributed by atoms with Crippen molar-refractivity contribution in [3.8, 4) is 0 Å². The summed E-state index contributed by atoms with van der Waals surface area (Å²) in [5.41, 5.74) is 2.68. The van der Waals surface area contributed by atoms with Gasteiger partial charge in [0.25, 0.3) is 5.91 Å². The molecule has 0 aromatic heterocycles. The predicted molar refractivity (Wildman–Crippen MR) is 120 cm³/mol. The first-order valence-corrected chi connectivity index (χ1v) is 12.2. The van der Waals surface area contributed by atoms with Crippen LogP contribution >= 0.6 is 0 Å². The van der Waals surface area contributed by atoms with Crippen molar-refractivity contribution < 1.29 is 17.9 Å². The van der Waals surface area contributed by atoms with E-state index in [0.717, 1.165) is 37.2 Å². The molecule has 0 bridgehead atoms. The molecule has 0 radical (unpaired) electrons. The first kappa shape index (κ1) is 21.8. The van der Waals surface area contributed by atoms with Crippen molar-refractivity contribution in [1.82, 2.24) is 9.21 Å². The average molecular weight is 444 g/mol. The smallest absolute Gasteiger partial charge is 0.253 e. The number of hydrogen-bond donors (Lipinski definition) is 0. The molecule has 0 N–H and O–H groups in total. The number of sulfonamides is 1. The summed E-state index contributed by atoms with van der Waals surface area (Å²) in [6.07, 6.45) is 1.79. The van der Waals surface area contributed by atoms with Crippen LogP contribution in [0, 0.1) is 0 Å². The van der Waals surface area contributed by atoms with Crippen LogP contribution in [0.5, 0.6) is 0 Å². The number of morpholine rings is 1. The molecule has 2 fully saturated rings. The Hall–Kier alpha value is -2.42. The van der Waals surface area contributed by atoms with E-state index in [0.29, 0.717) is 38.4 Å². The zero-order chi connectivity index (χ0) is 21.8. The Labute approximate surface area is 184 Å². The summed E-state index contributed by atoms with van der Waals surface area (Å²) in [7, 11) is -1.70. The fourth-order valence-corrected chi connectivity index (χ4v) is 5.67. The van der Waals surface area contributed by atoms with Gasteiger partial charge in [0, 0.05) is 51.0 Å². The minimum absolute atomic E-state index is 0.137. The number of anilines is 1. The van der Waals surface area contributed by atoms with Crippen LogP contribution < -0.4 is 4.90 Å². The molecule has 166 valence electrons. The van der Waals surface area contributed by atoms with E-state index in [1.54, 1.807) is 24.1 Å². The molecule has 1 amide bonds. The molecule has 0 aliphatic carbocycles. The molecule has 2 heterocycles. The molecule has 31 heavy (non-hydrogen) atoms. The van der Waals surface area contributed by atoms with Gasteiger partial charge in [-0.25, -0.2) is 8.42 Å². The van der Waals surface area contributed by atoms with E-state index in [9.17, 15) is 13.2 Å². The number of benzene rings is 2. The zero-order valence-corrected chi connectivity index (χ0v) is 18.7. The fraction of sp³-hybridized carbons (Fsp3) is 0.435. The predicted octanol–water partition coefficient (Wildman–Crippen LogP) is 2.58. The minimum atomic E-state index is -3.48. The molecular formula is C23H29N3O4S. The highest BCUT2D eigenvalue weighted by Crippen LogP contribution is 2.24. The van der Waals surface area contributed by atoms with Gasteiger partial charge in [0.05, 0.1) is 18.1 Å². The van der Waals surface area contributed by atoms with Gasteiger partial charge in [0.2, 0.25) is 10.0 Å². The minimum Gasteiger partial charge on any atom is -0.378 e. The van der Waals surface area contributed by atoms with E-state index >= 15 is 0 Å². The van der Waals surface area contributed by atoms with Crippen molar-refractivity contribution in [2.45, 2.75) is 24.3 Å². The summed E-state index contributed by atoms with van der Waals surface area (Å²) in [6, 6.07) is 14.4. The van der Waals surface area contributed by atoms with Gasteiger partial charge in [-0.05, 0) is 48.7 Å². The van der Waals surface area contributed by atoms with E-state index in [-0.39, 0.29) is 10.8 Å². The topological polar surface area (TPSA) is 70.2 Å². The number of hydrogen-bond acceptors (Lipinski definition) is 5. The molecule has 8 heteroatoms. The Morgan fingerprint density at radius 1 is 0.968 bits per heavy atom. The number of amides is 1. The zero-order valence-electron chi connectivity index (χ0n) is 17.9. The molecular weight excluding hydrogens is 414 g/mol. The summed E-state index contributed by atoms with van der Waals surface area (Å²) in [6.45, 7) is 4.68. The van der Waals surface area contributed by atoms with E-state index in [4.69, 9.17) is 4.74 Å². The highest BCUT2D eigenvalue weighted by atomic mass is 32.2. The molecule has 2 aliphatic rings. The van der Waals surface area contributed by atoms with Gasteiger partial charge in [-0.1, -0.05) is 18.2 Å². The van der Waals surface area contributed by atoms with Gasteiger partial charge in [0.1, 0.15) is 0 Å². The lowest BCUT2D eigenvalue weighted by atomic mass is 10.1. The van der Waals surface area contributed by atoms with Gasteiger partial charge < -0.3 is 14.5 Å². The standard InChI is InChI=1S/C23H29N3O4S/c1-24(18-20-6-2-3-7-22(20)25-14-16-30-17-15-25)23(27)19-8-10-21(11-9-19)31(28,29)26-12-4-5-13-26/h2-3,6-11H,4-5,12-18H2,1H3. The summed E-state index contributed by atoms with van der Waals surface area (Å²) >= 11 is 0. The lowest BCUT2D eigenvalue weighted by molar-refractivity contribution is 0.0784. The maximum Gasteiger partial charge on any atom is 0.253 e. The third kappa shape index (κ3) is 4.76. The highest BCUT2D eigenvalue weighted by Gasteiger charge is 2.27. The first-order chi connectivity index (χ1) is 15.0. The number of carbonyl (C=O) groups excluding carboxylic acids is 1. The van der Waals surface area contributed by atoms with Gasteiger partial charge in [-0.2, -0.15) is 4.31 Å². The van der Waals surface area contributed by atoms with Crippen molar-refractivity contribution in [2.24, 2.45) is 0 Å². The van der Waals surface area contributed by atoms with Gasteiger partial charge in [-0.3, -0.25) is 4.79 Å². The molecule has 0 spiro atoms. The van der Waals surface area contributed by atoms with Crippen LogP contribution in [-0.4, -0.2) is 70.0 Å². The quantitative estimate of drug-likeness (QED) is 0.686. The summed E-state index contributed by atoms with van der Waals surface area (Å²) < 4.78 is 32.4. The van der Waals surface area contributed by atoms with Crippen LogP contribution in [0.1, 0.15) is 28.8 Å². The molecule has 7 nitrogen and oxygen atoms in total. The average Bonchev–Trinajstić information content (AvgIpc) is 3.36. The molecule has 2 aromatic rings. The van der Waals surface area contributed by atoms with E-state index < -0.39 is 10.0 Å². The monoisotopic (exact) mass is 443 g/mol. The molecule has 0 saturated carbocycles. The van der Waals surface area contributed by atoms with Crippen molar-refractivity contribution in [1.29, 1.82) is 0 Å². The highest BCUT2D eigenvalue weighted by molar-refractivity contribution is 7.89. The Morgan fingerprint density at radius 2 is 1.61 bits per heavy atom. The number of para-hydroxylation sites is 1. The second-order valence-electron chi connectivity index (χ2n) is 8.02. The van der Waals surface area contributed by atoms with Crippen LogP contribution in [0.3, 0.4) is 0 Å². The van der Waals surface area contributed by atoms with Crippen LogP contribution in [0.15, 0.2) is 53.4 Å². The normalized spacial score (nSPS) is 17.6. The van der Waals surface area contributed by atoms with Crippen LogP contribution in [0.25, 0.3) is 0 Å². The van der Waals surface area contributed by atoms with E-state index in [2.05, 4.69) is 11.0 Å². The summed E-state index contributed by atoms with van der Waals surface area (Å²) in [5.74, 6) is -0.137. The second-order valence-corrected chi connectivity index (χ2v) is 9.96. The van der Waals surface area contributed by atoms with E-state index in [1.807, 2.05) is 18.2 Å². The second kappa shape index (κ2) is 9.38. The molecule has 2 aliphatic heterocycles. The molecule has 2 saturated heterocycles. The van der Waals surface area contributed by atoms with Gasteiger partial charge in [0.15, 0.2) is 0 Å². The lowest BCUT2D eigenvalue weighted by Gasteiger charge is -2.31. The third-order valence-electron chi connectivity index (χ3n) is 5.90. The summed E-state index contributed by atoms with van der Waals surface area (Å²) in [4.78, 5) is 17.2. The van der Waals surface area contributed by atoms with Crippen molar-refractivity contribution in [3.63, 3.8) is 0 Å². The fourth-order valence-electron chi connectivity index (χ4n) is 4.15. The van der Waals surface area contributed by atoms with Crippen LogP contribution in [-0.2, 0) is 21.3 Å². The van der Waals surface area contributed by atoms with E-state index in [1.165, 1.54) is 16.4 Å². The molecule has 2 aromatic carbocycles.